The maximum atomic E-state index is 12.9. The van der Waals surface area contributed by atoms with Gasteiger partial charge in [0.15, 0.2) is 0 Å². The van der Waals surface area contributed by atoms with Crippen molar-refractivity contribution < 1.29 is 9.90 Å². The monoisotopic (exact) mass is 403 g/mol. The third-order valence-electron chi connectivity index (χ3n) is 6.15. The number of likely N-dealkylation sites (tertiary alicyclic amines) is 1. The van der Waals surface area contributed by atoms with E-state index in [0.717, 1.165) is 28.8 Å². The molecule has 0 radical (unpaired) electrons. The molecule has 4 rings (SSSR count). The molecular weight excluding hydrogens is 374 g/mol. The molecule has 2 aliphatic rings. The van der Waals surface area contributed by atoms with Crippen LogP contribution >= 0.6 is 0 Å². The molecule has 2 aromatic carbocycles. The third-order valence-corrected chi connectivity index (χ3v) is 6.15. The van der Waals surface area contributed by atoms with Crippen LogP contribution in [0.3, 0.4) is 0 Å². The fourth-order valence-corrected chi connectivity index (χ4v) is 4.76. The zero-order valence-electron chi connectivity index (χ0n) is 17.8. The maximum Gasteiger partial charge on any atom is 0.318 e. The van der Waals surface area contributed by atoms with E-state index in [2.05, 4.69) is 34.2 Å². The molecule has 156 valence electrons. The standard InChI is InChI=1S/C25H29N3O2/c1-17(2)26-25(30)28-14-13-20-23(16-29)27(3)22-12-11-19(15-21(22)24(20)28)10-9-18-7-5-4-6-8-18/h4-8,11-12,15,17,20,23-24,29H,13-14,16H2,1-3H3,(H,26,30)/t20-,23+,24-/m1/s1. The van der Waals surface area contributed by atoms with Gasteiger partial charge in [0.05, 0.1) is 18.7 Å². The van der Waals surface area contributed by atoms with Crippen molar-refractivity contribution in [3.05, 3.63) is 65.2 Å². The van der Waals surface area contributed by atoms with Crippen LogP contribution in [-0.4, -0.2) is 48.3 Å². The number of aliphatic hydroxyl groups excluding tert-OH is 1. The van der Waals surface area contributed by atoms with Gasteiger partial charge in [0.2, 0.25) is 0 Å². The second-order valence-corrected chi connectivity index (χ2v) is 8.45. The lowest BCUT2D eigenvalue weighted by atomic mass is 9.81. The van der Waals surface area contributed by atoms with Crippen molar-refractivity contribution in [3.63, 3.8) is 0 Å². The molecule has 0 spiro atoms. The number of carbonyl (C=O) groups is 1. The molecule has 1 saturated heterocycles. The average Bonchev–Trinajstić information content (AvgIpc) is 3.18. The quantitative estimate of drug-likeness (QED) is 0.756. The SMILES string of the molecule is CC(C)NC(=O)N1CC[C@H]2[C@@H]1c1cc(C#Cc3ccccc3)ccc1N(C)[C@H]2CO. The molecule has 2 heterocycles. The normalized spacial score (nSPS) is 22.2. The zero-order chi connectivity index (χ0) is 21.3. The number of nitrogens with zero attached hydrogens (tertiary/aromatic N) is 2. The summed E-state index contributed by atoms with van der Waals surface area (Å²) in [4.78, 5) is 17.0. The van der Waals surface area contributed by atoms with Crippen molar-refractivity contribution >= 4 is 11.7 Å². The number of hydrogen-bond acceptors (Lipinski definition) is 3. The molecule has 5 nitrogen and oxygen atoms in total. The van der Waals surface area contributed by atoms with Gasteiger partial charge >= 0.3 is 6.03 Å². The molecule has 0 unspecified atom stereocenters. The van der Waals surface area contributed by atoms with E-state index in [-0.39, 0.29) is 36.7 Å². The number of rotatable bonds is 2. The number of anilines is 1. The highest BCUT2D eigenvalue weighted by atomic mass is 16.3. The Bertz CT molecular complexity index is 977. The van der Waals surface area contributed by atoms with Gasteiger partial charge in [-0.25, -0.2) is 4.79 Å². The Hall–Kier alpha value is -2.97. The number of carbonyl (C=O) groups excluding carboxylic acids is 1. The Labute approximate surface area is 178 Å². The summed E-state index contributed by atoms with van der Waals surface area (Å²) in [5.74, 6) is 6.69. The number of benzene rings is 2. The summed E-state index contributed by atoms with van der Waals surface area (Å²) in [5.41, 5.74) is 4.08. The first-order valence-electron chi connectivity index (χ1n) is 10.6. The Morgan fingerprint density at radius 2 is 1.90 bits per heavy atom. The molecule has 5 heteroatoms. The second kappa shape index (κ2) is 8.41. The third kappa shape index (κ3) is 3.76. The fraction of sp³-hybridized carbons (Fsp3) is 0.400. The van der Waals surface area contributed by atoms with Crippen LogP contribution in [0.25, 0.3) is 0 Å². The summed E-state index contributed by atoms with van der Waals surface area (Å²) >= 11 is 0. The van der Waals surface area contributed by atoms with Gasteiger partial charge in [0, 0.05) is 42.4 Å². The van der Waals surface area contributed by atoms with Crippen LogP contribution in [0, 0.1) is 17.8 Å². The van der Waals surface area contributed by atoms with Gasteiger partial charge in [-0.1, -0.05) is 30.0 Å². The van der Waals surface area contributed by atoms with Gasteiger partial charge in [0.25, 0.3) is 0 Å². The lowest BCUT2D eigenvalue weighted by molar-refractivity contribution is 0.159. The first-order valence-corrected chi connectivity index (χ1v) is 10.6. The molecule has 0 aliphatic carbocycles. The van der Waals surface area contributed by atoms with E-state index >= 15 is 0 Å². The van der Waals surface area contributed by atoms with E-state index < -0.39 is 0 Å². The van der Waals surface area contributed by atoms with Crippen LogP contribution in [0.4, 0.5) is 10.5 Å². The number of aliphatic hydroxyl groups is 1. The molecule has 1 fully saturated rings. The number of amides is 2. The molecule has 0 bridgehead atoms. The Balaban J connectivity index is 1.73. The van der Waals surface area contributed by atoms with Crippen molar-refractivity contribution in [2.24, 2.45) is 5.92 Å². The highest BCUT2D eigenvalue weighted by Crippen LogP contribution is 2.48. The number of hydrogen-bond donors (Lipinski definition) is 2. The summed E-state index contributed by atoms with van der Waals surface area (Å²) < 4.78 is 0. The molecule has 2 amide bonds. The fourth-order valence-electron chi connectivity index (χ4n) is 4.76. The summed E-state index contributed by atoms with van der Waals surface area (Å²) in [6.07, 6.45) is 0.880. The minimum atomic E-state index is -0.0504. The lowest BCUT2D eigenvalue weighted by Gasteiger charge is -2.44. The minimum Gasteiger partial charge on any atom is -0.394 e. The van der Waals surface area contributed by atoms with Gasteiger partial charge in [0.1, 0.15) is 0 Å². The van der Waals surface area contributed by atoms with Crippen molar-refractivity contribution in [3.8, 4) is 11.8 Å². The highest BCUT2D eigenvalue weighted by molar-refractivity contribution is 5.76. The van der Waals surface area contributed by atoms with E-state index in [0.29, 0.717) is 6.54 Å². The van der Waals surface area contributed by atoms with Crippen LogP contribution in [0.5, 0.6) is 0 Å². The molecule has 2 aliphatic heterocycles. The topological polar surface area (TPSA) is 55.8 Å². The number of nitrogens with one attached hydrogen (secondary N) is 1. The predicted octanol–water partition coefficient (Wildman–Crippen LogP) is 3.38. The van der Waals surface area contributed by atoms with E-state index in [1.165, 1.54) is 0 Å². The van der Waals surface area contributed by atoms with Gasteiger partial charge in [-0.2, -0.15) is 0 Å². The maximum absolute atomic E-state index is 12.9. The summed E-state index contributed by atoms with van der Waals surface area (Å²) in [6, 6.07) is 16.1. The Morgan fingerprint density at radius 1 is 1.17 bits per heavy atom. The van der Waals surface area contributed by atoms with Gasteiger partial charge in [-0.15, -0.1) is 0 Å². The van der Waals surface area contributed by atoms with E-state index in [1.807, 2.05) is 62.2 Å². The minimum absolute atomic E-state index is 0.000558. The van der Waals surface area contributed by atoms with Gasteiger partial charge in [-0.3, -0.25) is 0 Å². The van der Waals surface area contributed by atoms with Gasteiger partial charge in [-0.05, 0) is 56.2 Å². The number of urea groups is 1. The predicted molar refractivity (Wildman–Crippen MR) is 119 cm³/mol. The molecule has 3 atom stereocenters. The highest BCUT2D eigenvalue weighted by Gasteiger charge is 2.47. The lowest BCUT2D eigenvalue weighted by Crippen LogP contribution is -2.50. The van der Waals surface area contributed by atoms with Crippen LogP contribution < -0.4 is 10.2 Å². The molecule has 30 heavy (non-hydrogen) atoms. The van der Waals surface area contributed by atoms with Crippen molar-refractivity contribution in [1.29, 1.82) is 0 Å². The molecule has 0 aromatic heterocycles. The number of fused-ring (bicyclic) bond motifs is 3. The van der Waals surface area contributed by atoms with Crippen LogP contribution in [0.1, 0.15) is 43.0 Å². The van der Waals surface area contributed by atoms with Crippen molar-refractivity contribution in [1.82, 2.24) is 10.2 Å². The van der Waals surface area contributed by atoms with Crippen molar-refractivity contribution in [2.75, 3.05) is 25.1 Å². The molecular formula is C25H29N3O2. The number of likely N-dealkylation sites (N-methyl/N-ethyl adjacent to an activating group) is 1. The second-order valence-electron chi connectivity index (χ2n) is 8.45. The first-order chi connectivity index (χ1) is 14.5. The van der Waals surface area contributed by atoms with Crippen LogP contribution in [0.2, 0.25) is 0 Å². The molecule has 2 aromatic rings. The summed E-state index contributed by atoms with van der Waals surface area (Å²) in [6.45, 7) is 4.72. The molecule has 2 N–H and O–H groups in total. The van der Waals surface area contributed by atoms with Crippen molar-refractivity contribution in [2.45, 2.75) is 38.4 Å². The summed E-state index contributed by atoms with van der Waals surface area (Å²) in [5, 5.41) is 13.1. The van der Waals surface area contributed by atoms with E-state index in [1.54, 1.807) is 0 Å². The van der Waals surface area contributed by atoms with E-state index in [9.17, 15) is 9.90 Å². The smallest absolute Gasteiger partial charge is 0.318 e. The molecule has 0 saturated carbocycles. The largest absolute Gasteiger partial charge is 0.394 e. The van der Waals surface area contributed by atoms with Crippen LogP contribution in [0.15, 0.2) is 48.5 Å². The average molecular weight is 404 g/mol. The zero-order valence-corrected chi connectivity index (χ0v) is 17.8. The van der Waals surface area contributed by atoms with Crippen LogP contribution in [-0.2, 0) is 0 Å². The Morgan fingerprint density at radius 3 is 2.60 bits per heavy atom. The Kier molecular flexibility index (Phi) is 5.69. The van der Waals surface area contributed by atoms with Gasteiger partial charge < -0.3 is 20.2 Å². The first kappa shape index (κ1) is 20.3. The van der Waals surface area contributed by atoms with E-state index in [4.69, 9.17) is 0 Å². The summed E-state index contributed by atoms with van der Waals surface area (Å²) in [7, 11) is 2.03.